The lowest BCUT2D eigenvalue weighted by atomic mass is 10.2. The van der Waals surface area contributed by atoms with Crippen molar-refractivity contribution in [2.45, 2.75) is 19.4 Å². The van der Waals surface area contributed by atoms with E-state index < -0.39 is 12.0 Å². The second-order valence-corrected chi connectivity index (χ2v) is 3.26. The maximum atomic E-state index is 11.4. The summed E-state index contributed by atoms with van der Waals surface area (Å²) in [5.41, 5.74) is 0. The van der Waals surface area contributed by atoms with Gasteiger partial charge in [0.1, 0.15) is 6.54 Å². The van der Waals surface area contributed by atoms with Gasteiger partial charge in [0, 0.05) is 14.2 Å². The van der Waals surface area contributed by atoms with E-state index in [4.69, 9.17) is 9.84 Å². The highest BCUT2D eigenvalue weighted by molar-refractivity contribution is 5.79. The molecule has 0 fully saturated rings. The number of likely N-dealkylation sites (N-methyl/N-ethyl adjacent to an activating group) is 1. The molecule has 88 valence electrons. The Bertz CT molecular complexity index is 220. The van der Waals surface area contributed by atoms with E-state index in [1.54, 1.807) is 7.11 Å². The Hall–Kier alpha value is -1.30. The van der Waals surface area contributed by atoms with E-state index in [1.807, 2.05) is 6.92 Å². The van der Waals surface area contributed by atoms with E-state index in [2.05, 4.69) is 5.32 Å². The van der Waals surface area contributed by atoms with E-state index in [-0.39, 0.29) is 12.6 Å². The predicted octanol–water partition coefficient (Wildman–Crippen LogP) is 0.137. The second-order valence-electron chi connectivity index (χ2n) is 3.26. The molecule has 6 heteroatoms. The molecule has 0 bridgehead atoms. The van der Waals surface area contributed by atoms with Gasteiger partial charge in [-0.3, -0.25) is 4.79 Å². The molecule has 0 heterocycles. The molecule has 0 saturated carbocycles. The van der Waals surface area contributed by atoms with Crippen LogP contribution in [0.1, 0.15) is 13.3 Å². The Kier molecular flexibility index (Phi) is 6.44. The average Bonchev–Trinajstić information content (AvgIpc) is 2.15. The van der Waals surface area contributed by atoms with Crippen molar-refractivity contribution in [1.82, 2.24) is 10.2 Å². The molecular weight excluding hydrogens is 200 g/mol. The van der Waals surface area contributed by atoms with Gasteiger partial charge in [0.2, 0.25) is 0 Å². The Labute approximate surface area is 89.2 Å². The van der Waals surface area contributed by atoms with Crippen LogP contribution < -0.4 is 5.32 Å². The molecule has 0 aromatic rings. The number of rotatable bonds is 6. The van der Waals surface area contributed by atoms with Crippen LogP contribution >= 0.6 is 0 Å². The van der Waals surface area contributed by atoms with Crippen molar-refractivity contribution < 1.29 is 19.4 Å². The van der Waals surface area contributed by atoms with Crippen LogP contribution in [0.4, 0.5) is 4.79 Å². The molecule has 6 nitrogen and oxygen atoms in total. The van der Waals surface area contributed by atoms with Crippen molar-refractivity contribution in [1.29, 1.82) is 0 Å². The summed E-state index contributed by atoms with van der Waals surface area (Å²) in [7, 11) is 2.98. The minimum absolute atomic E-state index is 0.0845. The molecule has 0 aromatic heterocycles. The average molecular weight is 218 g/mol. The van der Waals surface area contributed by atoms with Crippen LogP contribution in [0.3, 0.4) is 0 Å². The normalized spacial score (nSPS) is 11.9. The summed E-state index contributed by atoms with van der Waals surface area (Å²) in [5.74, 6) is -1.03. The topological polar surface area (TPSA) is 78.9 Å². The van der Waals surface area contributed by atoms with Gasteiger partial charge in [0.05, 0.1) is 12.6 Å². The quantitative estimate of drug-likeness (QED) is 0.664. The monoisotopic (exact) mass is 218 g/mol. The Morgan fingerprint density at radius 3 is 2.53 bits per heavy atom. The summed E-state index contributed by atoms with van der Waals surface area (Å²) in [6.07, 6.45) is 0.737. The van der Waals surface area contributed by atoms with Gasteiger partial charge in [0.15, 0.2) is 0 Å². The number of ether oxygens (including phenoxy) is 1. The number of carboxylic acid groups (broad SMARTS) is 1. The molecular formula is C9H18N2O4. The fourth-order valence-corrected chi connectivity index (χ4v) is 1.02. The summed E-state index contributed by atoms with van der Waals surface area (Å²) < 4.78 is 4.91. The van der Waals surface area contributed by atoms with Gasteiger partial charge in [-0.2, -0.15) is 0 Å². The fourth-order valence-electron chi connectivity index (χ4n) is 1.02. The Balaban J connectivity index is 4.03. The third-order valence-corrected chi connectivity index (χ3v) is 1.91. The lowest BCUT2D eigenvalue weighted by Crippen LogP contribution is -2.46. The van der Waals surface area contributed by atoms with Crippen LogP contribution in [0, 0.1) is 0 Å². The highest BCUT2D eigenvalue weighted by atomic mass is 16.5. The van der Waals surface area contributed by atoms with Gasteiger partial charge in [-0.15, -0.1) is 0 Å². The first-order valence-electron chi connectivity index (χ1n) is 4.73. The number of hydrogen-bond donors (Lipinski definition) is 2. The van der Waals surface area contributed by atoms with Crippen LogP contribution in [-0.2, 0) is 9.53 Å². The first-order valence-corrected chi connectivity index (χ1v) is 4.73. The highest BCUT2D eigenvalue weighted by Crippen LogP contribution is 1.93. The van der Waals surface area contributed by atoms with Crippen molar-refractivity contribution >= 4 is 12.0 Å². The van der Waals surface area contributed by atoms with E-state index in [1.165, 1.54) is 7.05 Å². The van der Waals surface area contributed by atoms with Gasteiger partial charge >= 0.3 is 12.0 Å². The van der Waals surface area contributed by atoms with Gasteiger partial charge in [-0.05, 0) is 6.42 Å². The smallest absolute Gasteiger partial charge is 0.323 e. The summed E-state index contributed by atoms with van der Waals surface area (Å²) in [6, 6.07) is -0.486. The van der Waals surface area contributed by atoms with Gasteiger partial charge in [0.25, 0.3) is 0 Å². The molecule has 15 heavy (non-hydrogen) atoms. The van der Waals surface area contributed by atoms with Gasteiger partial charge < -0.3 is 20.1 Å². The molecule has 0 aliphatic carbocycles. The van der Waals surface area contributed by atoms with Crippen LogP contribution in [0.2, 0.25) is 0 Å². The minimum atomic E-state index is -1.03. The van der Waals surface area contributed by atoms with E-state index >= 15 is 0 Å². The molecule has 0 spiro atoms. The zero-order valence-corrected chi connectivity index (χ0v) is 9.32. The van der Waals surface area contributed by atoms with E-state index in [0.717, 1.165) is 11.3 Å². The zero-order valence-electron chi connectivity index (χ0n) is 9.32. The van der Waals surface area contributed by atoms with Crippen LogP contribution in [0.25, 0.3) is 0 Å². The number of hydrogen-bond acceptors (Lipinski definition) is 3. The molecule has 0 aliphatic rings. The molecule has 0 aromatic carbocycles. The number of methoxy groups -OCH3 is 1. The zero-order chi connectivity index (χ0) is 11.8. The van der Waals surface area contributed by atoms with Gasteiger partial charge in [-0.1, -0.05) is 6.92 Å². The number of carboxylic acids is 1. The van der Waals surface area contributed by atoms with Crippen molar-refractivity contribution in [3.8, 4) is 0 Å². The van der Waals surface area contributed by atoms with Crippen LogP contribution in [-0.4, -0.2) is 55.4 Å². The van der Waals surface area contributed by atoms with E-state index in [9.17, 15) is 9.59 Å². The summed E-state index contributed by atoms with van der Waals surface area (Å²) in [6.45, 7) is 2.03. The van der Waals surface area contributed by atoms with Crippen molar-refractivity contribution in [2.75, 3.05) is 27.3 Å². The maximum Gasteiger partial charge on any atom is 0.323 e. The third-order valence-electron chi connectivity index (χ3n) is 1.91. The number of urea groups is 1. The summed E-state index contributed by atoms with van der Waals surface area (Å²) >= 11 is 0. The lowest BCUT2D eigenvalue weighted by Gasteiger charge is -2.21. The number of amides is 2. The molecule has 1 atom stereocenters. The van der Waals surface area contributed by atoms with Crippen LogP contribution in [0.15, 0.2) is 0 Å². The van der Waals surface area contributed by atoms with Gasteiger partial charge in [-0.25, -0.2) is 4.79 Å². The summed E-state index contributed by atoms with van der Waals surface area (Å²) in [5, 5.41) is 11.2. The van der Waals surface area contributed by atoms with Crippen molar-refractivity contribution in [2.24, 2.45) is 0 Å². The molecule has 1 unspecified atom stereocenters. The number of carbonyl (C=O) groups excluding carboxylic acids is 1. The predicted molar refractivity (Wildman–Crippen MR) is 54.8 cm³/mol. The Morgan fingerprint density at radius 1 is 1.53 bits per heavy atom. The number of nitrogens with one attached hydrogen (secondary N) is 1. The SMILES string of the molecule is CCC(COC)NC(=O)N(C)CC(=O)O. The largest absolute Gasteiger partial charge is 0.480 e. The van der Waals surface area contributed by atoms with Crippen LogP contribution in [0.5, 0.6) is 0 Å². The molecule has 0 saturated heterocycles. The van der Waals surface area contributed by atoms with Crippen molar-refractivity contribution in [3.63, 3.8) is 0 Å². The highest BCUT2D eigenvalue weighted by Gasteiger charge is 2.15. The van der Waals surface area contributed by atoms with Crippen molar-refractivity contribution in [3.05, 3.63) is 0 Å². The molecule has 0 aliphatic heterocycles. The third kappa shape index (κ3) is 5.90. The Morgan fingerprint density at radius 2 is 2.13 bits per heavy atom. The second kappa shape index (κ2) is 7.05. The number of nitrogens with zero attached hydrogens (tertiary/aromatic N) is 1. The fraction of sp³-hybridized carbons (Fsp3) is 0.778. The number of aliphatic carboxylic acids is 1. The lowest BCUT2D eigenvalue weighted by molar-refractivity contribution is -0.137. The molecule has 2 amide bonds. The summed E-state index contributed by atoms with van der Waals surface area (Å²) in [4.78, 5) is 22.9. The van der Waals surface area contributed by atoms with E-state index in [0.29, 0.717) is 6.61 Å². The molecule has 2 N–H and O–H groups in total. The number of carbonyl (C=O) groups is 2. The standard InChI is InChI=1S/C9H18N2O4/c1-4-7(6-15-3)10-9(14)11(2)5-8(12)13/h7H,4-6H2,1-3H3,(H,10,14)(H,12,13). The maximum absolute atomic E-state index is 11.4. The molecule has 0 radical (unpaired) electrons. The first kappa shape index (κ1) is 13.7. The molecule has 0 rings (SSSR count). The first-order chi connectivity index (χ1) is 7.01. The minimum Gasteiger partial charge on any atom is -0.480 e.